The van der Waals surface area contributed by atoms with Crippen LogP contribution in [0, 0.1) is 11.8 Å². The Labute approximate surface area is 139 Å². The first-order valence-electron chi connectivity index (χ1n) is 10.5. The second-order valence-electron chi connectivity index (χ2n) is 8.84. The van der Waals surface area contributed by atoms with E-state index in [1.807, 2.05) is 0 Å². The Balaban J connectivity index is 1.65. The Morgan fingerprint density at radius 3 is 1.36 bits per heavy atom. The molecule has 3 fully saturated rings. The lowest BCUT2D eigenvalue weighted by Crippen LogP contribution is -2.52. The maximum Gasteiger partial charge on any atom is 0.0101 e. The molecule has 3 saturated carbocycles. The molecule has 0 aromatic heterocycles. The molecule has 0 aromatic carbocycles. The van der Waals surface area contributed by atoms with E-state index in [1.54, 1.807) is 0 Å². The van der Waals surface area contributed by atoms with Gasteiger partial charge < -0.3 is 0 Å². The van der Waals surface area contributed by atoms with Crippen molar-refractivity contribution in [3.63, 3.8) is 0 Å². The summed E-state index contributed by atoms with van der Waals surface area (Å²) in [7, 11) is 0. The average molecular weight is 306 g/mol. The fourth-order valence-electron chi connectivity index (χ4n) is 5.72. The van der Waals surface area contributed by atoms with Gasteiger partial charge in [0, 0.05) is 18.1 Å². The molecule has 0 saturated heterocycles. The summed E-state index contributed by atoms with van der Waals surface area (Å²) in [5.74, 6) is 1.91. The molecule has 3 aliphatic rings. The van der Waals surface area contributed by atoms with Crippen molar-refractivity contribution in [3.8, 4) is 0 Å². The first-order valence-corrected chi connectivity index (χ1v) is 10.5. The lowest BCUT2D eigenvalue weighted by atomic mass is 9.77. The van der Waals surface area contributed by atoms with Crippen LogP contribution in [0.25, 0.3) is 0 Å². The predicted octanol–water partition coefficient (Wildman–Crippen LogP) is 6.17. The van der Waals surface area contributed by atoms with Gasteiger partial charge in [0.1, 0.15) is 0 Å². The molecule has 0 aliphatic heterocycles. The highest BCUT2D eigenvalue weighted by molar-refractivity contribution is 4.91. The van der Waals surface area contributed by atoms with Crippen LogP contribution < -0.4 is 0 Å². The molecular weight excluding hydrogens is 266 g/mol. The van der Waals surface area contributed by atoms with Crippen LogP contribution in [0.2, 0.25) is 0 Å². The minimum absolute atomic E-state index is 0.902. The Morgan fingerprint density at radius 2 is 0.955 bits per heavy atom. The summed E-state index contributed by atoms with van der Waals surface area (Å²) in [6, 6.07) is 2.82. The lowest BCUT2D eigenvalue weighted by Gasteiger charge is -2.48. The lowest BCUT2D eigenvalue weighted by molar-refractivity contribution is 0.0122. The number of hydrogen-bond acceptors (Lipinski definition) is 1. The zero-order valence-electron chi connectivity index (χ0n) is 15.2. The van der Waals surface area contributed by atoms with Gasteiger partial charge in [-0.25, -0.2) is 0 Å². The van der Waals surface area contributed by atoms with Gasteiger partial charge in [0.2, 0.25) is 0 Å². The quantitative estimate of drug-likeness (QED) is 0.600. The minimum atomic E-state index is 0.902. The van der Waals surface area contributed by atoms with Crippen molar-refractivity contribution in [1.29, 1.82) is 0 Å². The van der Waals surface area contributed by atoms with Crippen LogP contribution in [0.3, 0.4) is 0 Å². The third kappa shape index (κ3) is 4.08. The monoisotopic (exact) mass is 305 g/mol. The second kappa shape index (κ2) is 8.18. The molecule has 3 aliphatic carbocycles. The van der Waals surface area contributed by atoms with E-state index in [0.717, 1.165) is 30.0 Å². The molecule has 0 N–H and O–H groups in total. The highest BCUT2D eigenvalue weighted by Gasteiger charge is 2.36. The van der Waals surface area contributed by atoms with Crippen molar-refractivity contribution in [2.75, 3.05) is 0 Å². The maximum absolute atomic E-state index is 3.11. The van der Waals surface area contributed by atoms with Gasteiger partial charge in [-0.15, -0.1) is 0 Å². The van der Waals surface area contributed by atoms with Crippen LogP contribution in [0.1, 0.15) is 104 Å². The molecule has 0 radical (unpaired) electrons. The molecule has 0 heterocycles. The molecular formula is C21H39N. The van der Waals surface area contributed by atoms with Crippen molar-refractivity contribution in [2.24, 2.45) is 11.8 Å². The molecule has 0 atom stereocenters. The molecule has 3 rings (SSSR count). The van der Waals surface area contributed by atoms with Gasteiger partial charge in [-0.05, 0) is 63.2 Å². The molecule has 0 bridgehead atoms. The average Bonchev–Trinajstić information content (AvgIpc) is 2.57. The maximum atomic E-state index is 3.11. The third-order valence-corrected chi connectivity index (χ3v) is 7.10. The fourth-order valence-corrected chi connectivity index (χ4v) is 5.72. The van der Waals surface area contributed by atoms with Crippen molar-refractivity contribution in [1.82, 2.24) is 4.90 Å². The van der Waals surface area contributed by atoms with E-state index in [9.17, 15) is 0 Å². The zero-order valence-corrected chi connectivity index (χ0v) is 15.2. The largest absolute Gasteiger partial charge is 0.294 e. The zero-order chi connectivity index (χ0) is 15.4. The summed E-state index contributed by atoms with van der Waals surface area (Å²) < 4.78 is 0. The molecule has 0 unspecified atom stereocenters. The van der Waals surface area contributed by atoms with Crippen LogP contribution >= 0.6 is 0 Å². The topological polar surface area (TPSA) is 3.24 Å². The van der Waals surface area contributed by atoms with E-state index in [4.69, 9.17) is 0 Å². The molecule has 0 spiro atoms. The van der Waals surface area contributed by atoms with E-state index >= 15 is 0 Å². The predicted molar refractivity (Wildman–Crippen MR) is 96.2 cm³/mol. The van der Waals surface area contributed by atoms with E-state index in [1.165, 1.54) is 89.9 Å². The molecule has 0 amide bonds. The minimum Gasteiger partial charge on any atom is -0.294 e. The molecule has 22 heavy (non-hydrogen) atoms. The molecule has 0 aromatic rings. The summed E-state index contributed by atoms with van der Waals surface area (Å²) >= 11 is 0. The van der Waals surface area contributed by atoms with Gasteiger partial charge in [-0.1, -0.05) is 52.4 Å². The van der Waals surface area contributed by atoms with Crippen molar-refractivity contribution >= 4 is 0 Å². The number of rotatable bonds is 4. The van der Waals surface area contributed by atoms with Crippen molar-refractivity contribution in [3.05, 3.63) is 0 Å². The van der Waals surface area contributed by atoms with Crippen molar-refractivity contribution < 1.29 is 0 Å². The van der Waals surface area contributed by atoms with Gasteiger partial charge in [-0.3, -0.25) is 4.90 Å². The van der Waals surface area contributed by atoms with Crippen LogP contribution in [0.5, 0.6) is 0 Å². The fraction of sp³-hybridized carbons (Fsp3) is 1.00. The smallest absolute Gasteiger partial charge is 0.0101 e. The van der Waals surface area contributed by atoms with E-state index < -0.39 is 0 Å². The SMILES string of the molecule is CC(C)C1CCC(N(C2CCCCC2)C2CCCCC2)CC1. The summed E-state index contributed by atoms with van der Waals surface area (Å²) in [5, 5.41) is 0. The highest BCUT2D eigenvalue weighted by atomic mass is 15.2. The Morgan fingerprint density at radius 1 is 0.545 bits per heavy atom. The summed E-state index contributed by atoms with van der Waals surface area (Å²) in [4.78, 5) is 3.11. The third-order valence-electron chi connectivity index (χ3n) is 7.10. The molecule has 128 valence electrons. The van der Waals surface area contributed by atoms with Crippen LogP contribution in [0.4, 0.5) is 0 Å². The Bertz CT molecular complexity index is 286. The summed E-state index contributed by atoms with van der Waals surface area (Å²) in [6.07, 6.45) is 21.0. The molecule has 1 heteroatoms. The second-order valence-corrected chi connectivity index (χ2v) is 8.84. The van der Waals surface area contributed by atoms with Crippen LogP contribution in [0.15, 0.2) is 0 Å². The van der Waals surface area contributed by atoms with Crippen molar-refractivity contribution in [2.45, 2.75) is 122 Å². The van der Waals surface area contributed by atoms with Gasteiger partial charge in [0.25, 0.3) is 0 Å². The Kier molecular flexibility index (Phi) is 6.24. The first kappa shape index (κ1) is 16.8. The molecule has 1 nitrogen and oxygen atoms in total. The van der Waals surface area contributed by atoms with Gasteiger partial charge in [0.15, 0.2) is 0 Å². The number of nitrogens with zero attached hydrogens (tertiary/aromatic N) is 1. The van der Waals surface area contributed by atoms with Crippen LogP contribution in [-0.2, 0) is 0 Å². The van der Waals surface area contributed by atoms with Gasteiger partial charge in [0.05, 0.1) is 0 Å². The van der Waals surface area contributed by atoms with Gasteiger partial charge >= 0.3 is 0 Å². The number of hydrogen-bond donors (Lipinski definition) is 0. The van der Waals surface area contributed by atoms with E-state index in [-0.39, 0.29) is 0 Å². The summed E-state index contributed by atoms with van der Waals surface area (Å²) in [6.45, 7) is 4.87. The highest BCUT2D eigenvalue weighted by Crippen LogP contribution is 2.38. The van der Waals surface area contributed by atoms with Gasteiger partial charge in [-0.2, -0.15) is 0 Å². The summed E-state index contributed by atoms with van der Waals surface area (Å²) in [5.41, 5.74) is 0. The van der Waals surface area contributed by atoms with E-state index in [2.05, 4.69) is 18.7 Å². The van der Waals surface area contributed by atoms with E-state index in [0.29, 0.717) is 0 Å². The van der Waals surface area contributed by atoms with Crippen LogP contribution in [-0.4, -0.2) is 23.0 Å². The first-order chi connectivity index (χ1) is 10.8. The standard InChI is InChI=1S/C21H39N/c1-17(2)18-13-15-21(16-14-18)22(19-9-5-3-6-10-19)20-11-7-4-8-12-20/h17-21H,3-16H2,1-2H3. The Hall–Kier alpha value is -0.0400. The normalized spacial score (nSPS) is 32.7.